The molecule has 0 unspecified atom stereocenters. The molecule has 2 rings (SSSR count). The molecule has 2 N–H and O–H groups in total. The molecular weight excluding hydrogens is 233 g/mol. The first-order chi connectivity index (χ1) is 7.89. The molecule has 17 heavy (non-hydrogen) atoms. The molecule has 0 fully saturated rings. The van der Waals surface area contributed by atoms with Crippen molar-refractivity contribution in [2.75, 3.05) is 0 Å². The zero-order valence-corrected chi connectivity index (χ0v) is 8.45. The minimum absolute atomic E-state index is 0.186. The number of nitrogens with zero attached hydrogens (tertiary/aromatic N) is 1. The lowest BCUT2D eigenvalue weighted by atomic mass is 10.1. The topological polar surface area (TPSA) is 56.0 Å². The van der Waals surface area contributed by atoms with Gasteiger partial charge >= 0.3 is 6.18 Å². The van der Waals surface area contributed by atoms with Gasteiger partial charge in [-0.3, -0.25) is 4.79 Å². The third kappa shape index (κ3) is 2.06. The van der Waals surface area contributed by atoms with Crippen LogP contribution < -0.4 is 5.73 Å². The molecule has 3 nitrogen and oxygen atoms in total. The minimum Gasteiger partial charge on any atom is -0.364 e. The van der Waals surface area contributed by atoms with Crippen LogP contribution in [0, 0.1) is 0 Å². The molecule has 1 amide bonds. The molecule has 0 aliphatic heterocycles. The van der Waals surface area contributed by atoms with Crippen molar-refractivity contribution < 1.29 is 18.0 Å². The minimum atomic E-state index is -4.51. The van der Waals surface area contributed by atoms with E-state index in [0.717, 1.165) is 6.07 Å². The van der Waals surface area contributed by atoms with E-state index in [0.29, 0.717) is 5.39 Å². The zero-order chi connectivity index (χ0) is 12.6. The number of hydrogen-bond acceptors (Lipinski definition) is 2. The number of para-hydroxylation sites is 1. The molecule has 0 bridgehead atoms. The molecule has 88 valence electrons. The average Bonchev–Trinajstić information content (AvgIpc) is 2.26. The highest BCUT2D eigenvalue weighted by Crippen LogP contribution is 2.33. The Bertz CT molecular complexity index is 593. The van der Waals surface area contributed by atoms with Gasteiger partial charge in [0.15, 0.2) is 0 Å². The Morgan fingerprint density at radius 1 is 1.18 bits per heavy atom. The number of alkyl halides is 3. The first-order valence-corrected chi connectivity index (χ1v) is 4.66. The number of nitrogens with two attached hydrogens (primary N) is 1. The van der Waals surface area contributed by atoms with Crippen LogP contribution in [0.2, 0.25) is 0 Å². The quantitative estimate of drug-likeness (QED) is 0.831. The Morgan fingerprint density at radius 3 is 2.47 bits per heavy atom. The summed E-state index contributed by atoms with van der Waals surface area (Å²) < 4.78 is 38.1. The highest BCUT2D eigenvalue weighted by molar-refractivity contribution is 5.94. The number of carbonyl (C=O) groups excluding carboxylic acids is 1. The lowest BCUT2D eigenvalue weighted by molar-refractivity contribution is -0.136. The standard InChI is InChI=1S/C11H7F3N2O/c12-11(13,14)7-3-1-2-6-4-5-8(10(15)17)16-9(6)7/h1-5H,(H2,15,17). The van der Waals surface area contributed by atoms with Gasteiger partial charge in [0, 0.05) is 5.39 Å². The molecule has 0 saturated heterocycles. The molecule has 0 radical (unpaired) electrons. The van der Waals surface area contributed by atoms with Crippen LogP contribution in [0.25, 0.3) is 10.9 Å². The molecule has 0 atom stereocenters. The van der Waals surface area contributed by atoms with Crippen LogP contribution in [-0.4, -0.2) is 10.9 Å². The van der Waals surface area contributed by atoms with Crippen LogP contribution >= 0.6 is 0 Å². The maximum absolute atomic E-state index is 12.7. The Morgan fingerprint density at radius 2 is 1.88 bits per heavy atom. The van der Waals surface area contributed by atoms with Crippen molar-refractivity contribution in [3.63, 3.8) is 0 Å². The predicted molar refractivity (Wildman–Crippen MR) is 55.3 cm³/mol. The van der Waals surface area contributed by atoms with Crippen LogP contribution in [0.1, 0.15) is 16.1 Å². The van der Waals surface area contributed by atoms with Crippen molar-refractivity contribution in [1.29, 1.82) is 0 Å². The number of hydrogen-bond donors (Lipinski definition) is 1. The first kappa shape index (κ1) is 11.4. The van der Waals surface area contributed by atoms with Gasteiger partial charge in [-0.2, -0.15) is 13.2 Å². The van der Waals surface area contributed by atoms with E-state index in [-0.39, 0.29) is 11.2 Å². The number of primary amides is 1. The number of aromatic nitrogens is 1. The zero-order valence-electron chi connectivity index (χ0n) is 8.45. The van der Waals surface area contributed by atoms with Crippen LogP contribution in [0.3, 0.4) is 0 Å². The summed E-state index contributed by atoms with van der Waals surface area (Å²) in [4.78, 5) is 14.5. The van der Waals surface area contributed by atoms with Crippen LogP contribution in [-0.2, 0) is 6.18 Å². The Labute approximate surface area is 94.1 Å². The van der Waals surface area contributed by atoms with Gasteiger partial charge in [-0.15, -0.1) is 0 Å². The molecule has 1 aromatic heterocycles. The largest absolute Gasteiger partial charge is 0.418 e. The SMILES string of the molecule is NC(=O)c1ccc2cccc(C(F)(F)F)c2n1. The van der Waals surface area contributed by atoms with Crippen molar-refractivity contribution in [2.24, 2.45) is 5.73 Å². The molecule has 1 heterocycles. The molecule has 0 aliphatic carbocycles. The molecular formula is C11H7F3N2O. The van der Waals surface area contributed by atoms with Crippen molar-refractivity contribution in [3.05, 3.63) is 41.6 Å². The Kier molecular flexibility index (Phi) is 2.49. The number of pyridine rings is 1. The number of halogens is 3. The van der Waals surface area contributed by atoms with E-state index in [4.69, 9.17) is 5.73 Å². The molecule has 0 aliphatic rings. The highest BCUT2D eigenvalue weighted by atomic mass is 19.4. The predicted octanol–water partition coefficient (Wildman–Crippen LogP) is 2.35. The van der Waals surface area contributed by atoms with Crippen molar-refractivity contribution in [2.45, 2.75) is 6.18 Å². The molecule has 0 spiro atoms. The fourth-order valence-electron chi connectivity index (χ4n) is 1.51. The monoisotopic (exact) mass is 240 g/mol. The third-order valence-electron chi connectivity index (χ3n) is 2.28. The maximum atomic E-state index is 12.7. The summed E-state index contributed by atoms with van der Waals surface area (Å²) in [6.07, 6.45) is -4.51. The smallest absolute Gasteiger partial charge is 0.364 e. The number of benzene rings is 1. The van der Waals surface area contributed by atoms with Crippen molar-refractivity contribution in [1.82, 2.24) is 4.98 Å². The van der Waals surface area contributed by atoms with Gasteiger partial charge in [0.1, 0.15) is 5.69 Å². The van der Waals surface area contributed by atoms with E-state index < -0.39 is 17.6 Å². The third-order valence-corrected chi connectivity index (χ3v) is 2.28. The Balaban J connectivity index is 2.77. The summed E-state index contributed by atoms with van der Waals surface area (Å²) in [6, 6.07) is 6.38. The van der Waals surface area contributed by atoms with E-state index >= 15 is 0 Å². The number of fused-ring (bicyclic) bond motifs is 1. The Hall–Kier alpha value is -2.11. The van der Waals surface area contributed by atoms with Gasteiger partial charge in [0.25, 0.3) is 5.91 Å². The second-order valence-corrected chi connectivity index (χ2v) is 3.44. The highest BCUT2D eigenvalue weighted by Gasteiger charge is 2.33. The van der Waals surface area contributed by atoms with Gasteiger partial charge in [-0.1, -0.05) is 18.2 Å². The summed E-state index contributed by atoms with van der Waals surface area (Å²) in [7, 11) is 0. The van der Waals surface area contributed by atoms with Gasteiger partial charge < -0.3 is 5.73 Å². The van der Waals surface area contributed by atoms with E-state index in [2.05, 4.69) is 4.98 Å². The maximum Gasteiger partial charge on any atom is 0.418 e. The summed E-state index contributed by atoms with van der Waals surface area (Å²) >= 11 is 0. The summed E-state index contributed by atoms with van der Waals surface area (Å²) in [5, 5.41) is 0.310. The molecule has 0 saturated carbocycles. The summed E-state index contributed by atoms with van der Waals surface area (Å²) in [5.41, 5.74) is 3.65. The van der Waals surface area contributed by atoms with Crippen LogP contribution in [0.5, 0.6) is 0 Å². The van der Waals surface area contributed by atoms with Crippen LogP contribution in [0.4, 0.5) is 13.2 Å². The first-order valence-electron chi connectivity index (χ1n) is 4.66. The van der Waals surface area contributed by atoms with Gasteiger partial charge in [0.05, 0.1) is 11.1 Å². The second kappa shape index (κ2) is 3.73. The summed E-state index contributed by atoms with van der Waals surface area (Å²) in [5.74, 6) is -0.858. The molecule has 6 heteroatoms. The summed E-state index contributed by atoms with van der Waals surface area (Å²) in [6.45, 7) is 0. The van der Waals surface area contributed by atoms with E-state index in [1.165, 1.54) is 24.3 Å². The number of carbonyl (C=O) groups is 1. The molecule has 2 aromatic rings. The van der Waals surface area contributed by atoms with E-state index in [9.17, 15) is 18.0 Å². The second-order valence-electron chi connectivity index (χ2n) is 3.44. The lowest BCUT2D eigenvalue weighted by Crippen LogP contribution is -2.14. The lowest BCUT2D eigenvalue weighted by Gasteiger charge is -2.09. The normalized spacial score (nSPS) is 11.7. The molecule has 1 aromatic carbocycles. The van der Waals surface area contributed by atoms with E-state index in [1.807, 2.05) is 0 Å². The fourth-order valence-corrected chi connectivity index (χ4v) is 1.51. The average molecular weight is 240 g/mol. The number of rotatable bonds is 1. The van der Waals surface area contributed by atoms with Gasteiger partial charge in [-0.25, -0.2) is 4.98 Å². The van der Waals surface area contributed by atoms with Gasteiger partial charge in [0.2, 0.25) is 0 Å². The van der Waals surface area contributed by atoms with Crippen molar-refractivity contribution in [3.8, 4) is 0 Å². The number of amides is 1. The van der Waals surface area contributed by atoms with Crippen LogP contribution in [0.15, 0.2) is 30.3 Å². The fraction of sp³-hybridized carbons (Fsp3) is 0.0909. The van der Waals surface area contributed by atoms with E-state index in [1.54, 1.807) is 0 Å². The van der Waals surface area contributed by atoms with Crippen molar-refractivity contribution >= 4 is 16.8 Å². The van der Waals surface area contributed by atoms with Gasteiger partial charge in [-0.05, 0) is 12.1 Å².